The fourth-order valence-corrected chi connectivity index (χ4v) is 2.42. The predicted molar refractivity (Wildman–Crippen MR) is 61.8 cm³/mol. The Balaban J connectivity index is 3.53. The monoisotopic (exact) mass is 432 g/mol. The van der Waals surface area contributed by atoms with Gasteiger partial charge in [0, 0.05) is 8.90 Å². The van der Waals surface area contributed by atoms with E-state index in [0.29, 0.717) is 12.1 Å². The minimum Gasteiger partial charge on any atom is -0.166 e. The molecule has 0 atom stereocenters. The SMILES string of the molecule is FC(F)(F)c1cc(CBr)cc(C(F)(F)F)c1I. The molecule has 0 aliphatic carbocycles. The number of halogens is 8. The Morgan fingerprint density at radius 1 is 0.941 bits per heavy atom. The largest absolute Gasteiger partial charge is 0.417 e. The smallest absolute Gasteiger partial charge is 0.166 e. The van der Waals surface area contributed by atoms with Crippen LogP contribution in [-0.2, 0) is 17.7 Å². The van der Waals surface area contributed by atoms with Crippen molar-refractivity contribution < 1.29 is 26.3 Å². The van der Waals surface area contributed by atoms with E-state index in [0.717, 1.165) is 22.6 Å². The molecule has 0 saturated carbocycles. The highest BCUT2D eigenvalue weighted by Crippen LogP contribution is 2.41. The van der Waals surface area contributed by atoms with Gasteiger partial charge in [-0.25, -0.2) is 0 Å². The lowest BCUT2D eigenvalue weighted by molar-refractivity contribution is -0.144. The first-order valence-electron chi connectivity index (χ1n) is 4.10. The Morgan fingerprint density at radius 2 is 1.29 bits per heavy atom. The molecule has 1 aromatic rings. The zero-order valence-electron chi connectivity index (χ0n) is 7.89. The van der Waals surface area contributed by atoms with Crippen LogP contribution in [0.4, 0.5) is 26.3 Å². The third-order valence-electron chi connectivity index (χ3n) is 1.90. The lowest BCUT2D eigenvalue weighted by Crippen LogP contribution is -2.15. The minimum atomic E-state index is -4.80. The van der Waals surface area contributed by atoms with Crippen molar-refractivity contribution in [1.82, 2.24) is 0 Å². The number of hydrogen-bond acceptors (Lipinski definition) is 0. The second-order valence-corrected chi connectivity index (χ2v) is 4.77. The van der Waals surface area contributed by atoms with Crippen molar-refractivity contribution in [2.45, 2.75) is 17.7 Å². The summed E-state index contributed by atoms with van der Waals surface area (Å²) in [6.07, 6.45) is -9.59. The Morgan fingerprint density at radius 3 is 1.53 bits per heavy atom. The molecule has 8 heteroatoms. The number of benzene rings is 1. The van der Waals surface area contributed by atoms with E-state index in [1.807, 2.05) is 0 Å². The average Bonchev–Trinajstić information content (AvgIpc) is 2.14. The van der Waals surface area contributed by atoms with Crippen LogP contribution >= 0.6 is 38.5 Å². The van der Waals surface area contributed by atoms with Gasteiger partial charge in [-0.2, -0.15) is 26.3 Å². The van der Waals surface area contributed by atoms with E-state index in [2.05, 4.69) is 15.9 Å². The molecular weight excluding hydrogens is 429 g/mol. The van der Waals surface area contributed by atoms with E-state index >= 15 is 0 Å². The van der Waals surface area contributed by atoms with Gasteiger partial charge < -0.3 is 0 Å². The highest BCUT2D eigenvalue weighted by molar-refractivity contribution is 14.1. The second-order valence-electron chi connectivity index (χ2n) is 3.13. The van der Waals surface area contributed by atoms with Gasteiger partial charge in [-0.15, -0.1) is 0 Å². The van der Waals surface area contributed by atoms with E-state index < -0.39 is 27.0 Å². The fourth-order valence-electron chi connectivity index (χ4n) is 1.17. The van der Waals surface area contributed by atoms with Crippen LogP contribution < -0.4 is 0 Å². The lowest BCUT2D eigenvalue weighted by atomic mass is 10.1. The highest BCUT2D eigenvalue weighted by Gasteiger charge is 2.40. The third kappa shape index (κ3) is 3.49. The van der Waals surface area contributed by atoms with Gasteiger partial charge in [0.15, 0.2) is 0 Å². The Hall–Kier alpha value is 0.01000. The quantitative estimate of drug-likeness (QED) is 0.324. The van der Waals surface area contributed by atoms with E-state index in [4.69, 9.17) is 0 Å². The molecule has 0 N–H and O–H groups in total. The zero-order valence-corrected chi connectivity index (χ0v) is 11.6. The molecule has 0 radical (unpaired) electrons. The van der Waals surface area contributed by atoms with Crippen LogP contribution in [0.15, 0.2) is 12.1 Å². The maximum atomic E-state index is 12.5. The molecule has 0 spiro atoms. The molecule has 96 valence electrons. The predicted octanol–water partition coefficient (Wildman–Crippen LogP) is 5.22. The molecule has 0 aliphatic heterocycles. The molecule has 0 saturated heterocycles. The number of hydrogen-bond donors (Lipinski definition) is 0. The molecule has 0 heterocycles. The summed E-state index contributed by atoms with van der Waals surface area (Å²) in [4.78, 5) is 0. The van der Waals surface area contributed by atoms with Crippen molar-refractivity contribution in [1.29, 1.82) is 0 Å². The summed E-state index contributed by atoms with van der Waals surface area (Å²) in [6.45, 7) is 0. The molecule has 1 rings (SSSR count). The topological polar surface area (TPSA) is 0 Å². The van der Waals surface area contributed by atoms with Gasteiger partial charge in [-0.1, -0.05) is 15.9 Å². The van der Waals surface area contributed by atoms with Crippen LogP contribution in [0.3, 0.4) is 0 Å². The maximum Gasteiger partial charge on any atom is 0.417 e. The fraction of sp³-hybridized carbons (Fsp3) is 0.333. The number of alkyl halides is 7. The van der Waals surface area contributed by atoms with Crippen molar-refractivity contribution in [2.24, 2.45) is 0 Å². The van der Waals surface area contributed by atoms with Crippen LogP contribution in [0.1, 0.15) is 16.7 Å². The van der Waals surface area contributed by atoms with Crippen LogP contribution in [0.5, 0.6) is 0 Å². The number of rotatable bonds is 1. The van der Waals surface area contributed by atoms with Crippen molar-refractivity contribution in [3.05, 3.63) is 32.4 Å². The van der Waals surface area contributed by atoms with E-state index in [1.54, 1.807) is 0 Å². The first-order chi connectivity index (χ1) is 7.57. The molecular formula is C9H4BrF6I. The average molecular weight is 433 g/mol. The van der Waals surface area contributed by atoms with Gasteiger partial charge in [0.25, 0.3) is 0 Å². The molecule has 0 nitrogen and oxygen atoms in total. The van der Waals surface area contributed by atoms with E-state index in [1.165, 1.54) is 0 Å². The Kier molecular flexibility index (Phi) is 4.38. The molecule has 0 aliphatic rings. The highest BCUT2D eigenvalue weighted by atomic mass is 127. The molecule has 17 heavy (non-hydrogen) atoms. The molecule has 1 aromatic carbocycles. The second kappa shape index (κ2) is 4.94. The van der Waals surface area contributed by atoms with Gasteiger partial charge in [0.05, 0.1) is 11.1 Å². The Labute approximate surface area is 115 Å². The first-order valence-corrected chi connectivity index (χ1v) is 6.30. The molecule has 0 unspecified atom stereocenters. The van der Waals surface area contributed by atoms with Gasteiger partial charge in [0.1, 0.15) is 0 Å². The van der Waals surface area contributed by atoms with Gasteiger partial charge in [0.2, 0.25) is 0 Å². The molecule has 0 fully saturated rings. The van der Waals surface area contributed by atoms with E-state index in [-0.39, 0.29) is 10.9 Å². The lowest BCUT2D eigenvalue weighted by Gasteiger charge is -2.16. The summed E-state index contributed by atoms with van der Waals surface area (Å²) >= 11 is 3.92. The standard InChI is InChI=1S/C9H4BrF6I/c10-3-4-1-5(8(11,12)13)7(17)6(2-4)9(14,15)16/h1-2H,3H2. The van der Waals surface area contributed by atoms with Crippen molar-refractivity contribution in [3.63, 3.8) is 0 Å². The van der Waals surface area contributed by atoms with Crippen LogP contribution in [-0.4, -0.2) is 0 Å². The molecule has 0 aromatic heterocycles. The van der Waals surface area contributed by atoms with Gasteiger partial charge in [-0.3, -0.25) is 0 Å². The van der Waals surface area contributed by atoms with Crippen LogP contribution in [0.25, 0.3) is 0 Å². The minimum absolute atomic E-state index is 0.0648. The molecule has 0 amide bonds. The first kappa shape index (κ1) is 15.1. The Bertz CT molecular complexity index is 387. The van der Waals surface area contributed by atoms with Gasteiger partial charge in [-0.05, 0) is 40.3 Å². The summed E-state index contributed by atoms with van der Waals surface area (Å²) < 4.78 is 74.4. The van der Waals surface area contributed by atoms with Gasteiger partial charge >= 0.3 is 12.4 Å². The van der Waals surface area contributed by atoms with Crippen molar-refractivity contribution >= 4 is 38.5 Å². The van der Waals surface area contributed by atoms with Crippen LogP contribution in [0.2, 0.25) is 0 Å². The third-order valence-corrected chi connectivity index (χ3v) is 3.71. The normalized spacial score (nSPS) is 12.9. The zero-order chi connectivity index (χ0) is 13.4. The summed E-state index contributed by atoms with van der Waals surface area (Å²) in [5.74, 6) is 0. The van der Waals surface area contributed by atoms with Crippen molar-refractivity contribution in [2.75, 3.05) is 0 Å². The van der Waals surface area contributed by atoms with Crippen LogP contribution in [0, 0.1) is 3.57 Å². The summed E-state index contributed by atoms with van der Waals surface area (Å²) in [6, 6.07) is 1.43. The summed E-state index contributed by atoms with van der Waals surface area (Å²) in [5.41, 5.74) is -2.59. The summed E-state index contributed by atoms with van der Waals surface area (Å²) in [5, 5.41) is -0.0733. The van der Waals surface area contributed by atoms with Crippen molar-refractivity contribution in [3.8, 4) is 0 Å². The summed E-state index contributed by atoms with van der Waals surface area (Å²) in [7, 11) is 0. The molecule has 0 bridgehead atoms. The van der Waals surface area contributed by atoms with E-state index in [9.17, 15) is 26.3 Å². The maximum absolute atomic E-state index is 12.5.